The summed E-state index contributed by atoms with van der Waals surface area (Å²) in [5, 5.41) is 0. The number of benzene rings is 1. The van der Waals surface area contributed by atoms with Crippen molar-refractivity contribution >= 4 is 10.1 Å². The first kappa shape index (κ1) is 19.9. The fourth-order valence-electron chi connectivity index (χ4n) is 1.54. The topological polar surface area (TPSA) is 80.3 Å². The molecule has 0 N–H and O–H groups in total. The third-order valence-electron chi connectivity index (χ3n) is 2.70. The molecule has 1 atom stereocenters. The van der Waals surface area contributed by atoms with Gasteiger partial charge in [-0.15, -0.1) is 0 Å². The molecule has 1 rings (SSSR count). The van der Waals surface area contributed by atoms with E-state index in [0.717, 1.165) is 19.3 Å². The van der Waals surface area contributed by atoms with Crippen LogP contribution in [0.25, 0.3) is 0 Å². The zero-order valence-corrected chi connectivity index (χ0v) is 14.3. The molecule has 0 aliphatic heterocycles. The average Bonchev–Trinajstić information content (AvgIpc) is 2.57. The fraction of sp³-hybridized carbons (Fsp3) is 0.600. The van der Waals surface area contributed by atoms with Crippen molar-refractivity contribution in [2.75, 3.05) is 39.7 Å². The molecule has 0 bridgehead atoms. The van der Waals surface area contributed by atoms with Gasteiger partial charge < -0.3 is 18.9 Å². The predicted molar refractivity (Wildman–Crippen MR) is 84.7 cm³/mol. The first-order chi connectivity index (χ1) is 11.1. The smallest absolute Gasteiger partial charge is 0.291 e. The number of para-hydroxylation sites is 1. The van der Waals surface area contributed by atoms with Crippen LogP contribution >= 0.6 is 0 Å². The maximum absolute atomic E-state index is 11.1. The Bertz CT molecular complexity index is 504. The molecular formula is C15H24O7S. The van der Waals surface area contributed by atoms with Gasteiger partial charge in [-0.1, -0.05) is 25.1 Å². The van der Waals surface area contributed by atoms with Crippen molar-refractivity contribution in [1.29, 1.82) is 0 Å². The van der Waals surface area contributed by atoms with Crippen molar-refractivity contribution in [2.24, 2.45) is 0 Å². The standard InChI is InChI=1S/C15H24O7S/c1-3-9-19-10-15(11-21-14-7-5-4-6-8-14)22-12-20-13-23(16,17)18-2/h4-8,15H,3,9-13H2,1-2H3. The quantitative estimate of drug-likeness (QED) is 0.305. The Morgan fingerprint density at radius 1 is 1.09 bits per heavy atom. The SMILES string of the molecule is CCCOCC(COc1ccccc1)OCOCS(=O)(=O)OC. The Kier molecular flexibility index (Phi) is 9.81. The lowest BCUT2D eigenvalue weighted by atomic mass is 10.3. The second-order valence-electron chi connectivity index (χ2n) is 4.65. The molecule has 7 nitrogen and oxygen atoms in total. The monoisotopic (exact) mass is 348 g/mol. The van der Waals surface area contributed by atoms with Crippen molar-refractivity contribution in [3.63, 3.8) is 0 Å². The predicted octanol–water partition coefficient (Wildman–Crippen LogP) is 1.79. The molecule has 1 aromatic carbocycles. The van der Waals surface area contributed by atoms with E-state index in [0.29, 0.717) is 13.2 Å². The van der Waals surface area contributed by atoms with Crippen LogP contribution in [-0.4, -0.2) is 54.2 Å². The van der Waals surface area contributed by atoms with E-state index >= 15 is 0 Å². The lowest BCUT2D eigenvalue weighted by molar-refractivity contribution is -0.113. The lowest BCUT2D eigenvalue weighted by Gasteiger charge is -2.18. The van der Waals surface area contributed by atoms with Gasteiger partial charge in [0.05, 0.1) is 13.7 Å². The summed E-state index contributed by atoms with van der Waals surface area (Å²) in [7, 11) is -2.58. The van der Waals surface area contributed by atoms with Crippen LogP contribution < -0.4 is 4.74 Å². The lowest BCUT2D eigenvalue weighted by Crippen LogP contribution is -2.29. The molecule has 0 saturated carbocycles. The molecule has 0 saturated heterocycles. The molecule has 132 valence electrons. The summed E-state index contributed by atoms with van der Waals surface area (Å²) in [6, 6.07) is 9.32. The minimum Gasteiger partial charge on any atom is -0.491 e. The summed E-state index contributed by atoms with van der Waals surface area (Å²) in [6.07, 6.45) is 0.529. The van der Waals surface area contributed by atoms with Gasteiger partial charge in [-0.2, -0.15) is 8.42 Å². The minimum absolute atomic E-state index is 0.194. The maximum Gasteiger partial charge on any atom is 0.291 e. The van der Waals surface area contributed by atoms with Crippen LogP contribution in [0, 0.1) is 0 Å². The maximum atomic E-state index is 11.1. The van der Waals surface area contributed by atoms with E-state index in [1.54, 1.807) is 0 Å². The summed E-state index contributed by atoms with van der Waals surface area (Å²) in [6.45, 7) is 3.04. The second-order valence-corrected chi connectivity index (χ2v) is 6.34. The van der Waals surface area contributed by atoms with Gasteiger partial charge in [-0.05, 0) is 18.6 Å². The highest BCUT2D eigenvalue weighted by Gasteiger charge is 2.13. The van der Waals surface area contributed by atoms with Crippen LogP contribution in [0.1, 0.15) is 13.3 Å². The largest absolute Gasteiger partial charge is 0.491 e. The van der Waals surface area contributed by atoms with E-state index in [2.05, 4.69) is 4.18 Å². The number of ether oxygens (including phenoxy) is 4. The van der Waals surface area contributed by atoms with Gasteiger partial charge in [0, 0.05) is 6.61 Å². The molecule has 0 spiro atoms. The van der Waals surface area contributed by atoms with Gasteiger partial charge in [0.1, 0.15) is 25.3 Å². The Morgan fingerprint density at radius 3 is 2.48 bits per heavy atom. The Labute approximate surface area is 137 Å². The van der Waals surface area contributed by atoms with Crippen LogP contribution in [-0.2, 0) is 28.5 Å². The van der Waals surface area contributed by atoms with E-state index in [4.69, 9.17) is 18.9 Å². The molecule has 23 heavy (non-hydrogen) atoms. The third kappa shape index (κ3) is 9.52. The highest BCUT2D eigenvalue weighted by atomic mass is 32.2. The molecule has 0 fully saturated rings. The van der Waals surface area contributed by atoms with Gasteiger partial charge in [-0.25, -0.2) is 0 Å². The number of rotatable bonds is 13. The molecule has 1 aromatic rings. The van der Waals surface area contributed by atoms with E-state index in [9.17, 15) is 8.42 Å². The van der Waals surface area contributed by atoms with Crippen LogP contribution in [0.15, 0.2) is 30.3 Å². The van der Waals surface area contributed by atoms with Gasteiger partial charge in [0.15, 0.2) is 5.94 Å². The highest BCUT2D eigenvalue weighted by Crippen LogP contribution is 2.09. The van der Waals surface area contributed by atoms with Crippen LogP contribution in [0.5, 0.6) is 5.75 Å². The molecule has 0 radical (unpaired) electrons. The summed E-state index contributed by atoms with van der Waals surface area (Å²) < 4.78 is 48.0. The number of hydrogen-bond acceptors (Lipinski definition) is 7. The molecule has 0 amide bonds. The summed E-state index contributed by atoms with van der Waals surface area (Å²) in [5.41, 5.74) is 0. The third-order valence-corrected chi connectivity index (χ3v) is 3.66. The zero-order valence-electron chi connectivity index (χ0n) is 13.5. The van der Waals surface area contributed by atoms with Crippen molar-refractivity contribution in [1.82, 2.24) is 0 Å². The van der Waals surface area contributed by atoms with E-state index < -0.39 is 16.1 Å². The second kappa shape index (κ2) is 11.4. The number of hydrogen-bond donors (Lipinski definition) is 0. The summed E-state index contributed by atoms with van der Waals surface area (Å²) in [5.74, 6) is 0.158. The van der Waals surface area contributed by atoms with Gasteiger partial charge in [-0.3, -0.25) is 4.18 Å². The highest BCUT2D eigenvalue weighted by molar-refractivity contribution is 7.86. The Morgan fingerprint density at radius 2 is 1.83 bits per heavy atom. The summed E-state index contributed by atoms with van der Waals surface area (Å²) in [4.78, 5) is 0. The van der Waals surface area contributed by atoms with E-state index in [1.807, 2.05) is 37.3 Å². The van der Waals surface area contributed by atoms with Crippen molar-refractivity contribution < 1.29 is 31.5 Å². The fourth-order valence-corrected chi connectivity index (χ4v) is 1.91. The summed E-state index contributed by atoms with van der Waals surface area (Å²) >= 11 is 0. The van der Waals surface area contributed by atoms with E-state index in [1.165, 1.54) is 0 Å². The molecule has 8 heteroatoms. The van der Waals surface area contributed by atoms with E-state index in [-0.39, 0.29) is 19.5 Å². The molecule has 0 aliphatic carbocycles. The molecular weight excluding hydrogens is 324 g/mol. The molecule has 0 aromatic heterocycles. The minimum atomic E-state index is -3.66. The van der Waals surface area contributed by atoms with Crippen LogP contribution in [0.3, 0.4) is 0 Å². The Balaban J connectivity index is 2.35. The van der Waals surface area contributed by atoms with Gasteiger partial charge in [0.25, 0.3) is 10.1 Å². The van der Waals surface area contributed by atoms with Crippen LogP contribution in [0.2, 0.25) is 0 Å². The van der Waals surface area contributed by atoms with Gasteiger partial charge >= 0.3 is 0 Å². The molecule has 0 aliphatic rings. The van der Waals surface area contributed by atoms with Gasteiger partial charge in [0.2, 0.25) is 0 Å². The zero-order chi connectivity index (χ0) is 17.0. The first-order valence-corrected chi connectivity index (χ1v) is 8.88. The van der Waals surface area contributed by atoms with Crippen LogP contribution in [0.4, 0.5) is 0 Å². The van der Waals surface area contributed by atoms with Crippen molar-refractivity contribution in [3.05, 3.63) is 30.3 Å². The molecule has 0 heterocycles. The van der Waals surface area contributed by atoms with Crippen molar-refractivity contribution in [3.8, 4) is 5.75 Å². The Hall–Kier alpha value is -1.19. The normalized spacial score (nSPS) is 13.0. The first-order valence-electron chi connectivity index (χ1n) is 7.30. The average molecular weight is 348 g/mol. The van der Waals surface area contributed by atoms with Crippen molar-refractivity contribution in [2.45, 2.75) is 19.4 Å². The molecule has 1 unspecified atom stereocenters.